The van der Waals surface area contributed by atoms with E-state index in [2.05, 4.69) is 10.3 Å². The van der Waals surface area contributed by atoms with E-state index in [1.165, 1.54) is 12.3 Å². The van der Waals surface area contributed by atoms with Crippen molar-refractivity contribution < 1.29 is 18.4 Å². The smallest absolute Gasteiger partial charge is 0.268 e. The molecule has 2 amide bonds. The van der Waals surface area contributed by atoms with Crippen LogP contribution in [0.25, 0.3) is 0 Å². The van der Waals surface area contributed by atoms with E-state index >= 15 is 0 Å². The van der Waals surface area contributed by atoms with Crippen LogP contribution in [0.15, 0.2) is 18.3 Å². The number of alkyl halides is 2. The fourth-order valence-corrected chi connectivity index (χ4v) is 2.70. The Labute approximate surface area is 144 Å². The topological polar surface area (TPSA) is 86.1 Å². The van der Waals surface area contributed by atoms with E-state index in [0.717, 1.165) is 10.6 Å². The van der Waals surface area contributed by atoms with Gasteiger partial charge in [0.25, 0.3) is 11.8 Å². The van der Waals surface area contributed by atoms with Crippen molar-refractivity contribution in [2.45, 2.75) is 38.7 Å². The lowest BCUT2D eigenvalue weighted by atomic mass is 10.1. The van der Waals surface area contributed by atoms with Gasteiger partial charge in [-0.05, 0) is 24.5 Å². The Bertz CT molecular complexity index is 700. The van der Waals surface area contributed by atoms with Crippen LogP contribution in [0.1, 0.15) is 36.3 Å². The van der Waals surface area contributed by atoms with E-state index in [0.29, 0.717) is 17.9 Å². The first-order chi connectivity index (χ1) is 11.7. The van der Waals surface area contributed by atoms with Crippen molar-refractivity contribution in [3.8, 4) is 6.07 Å². The SMILES string of the molecule is CC(C)Cc1cc(C(=O)NCC(=O)N2CC(F)(F)C[C@H]2C#N)ccn1. The van der Waals surface area contributed by atoms with Crippen LogP contribution in [-0.2, 0) is 11.2 Å². The zero-order valence-corrected chi connectivity index (χ0v) is 14.1. The maximum Gasteiger partial charge on any atom is 0.268 e. The van der Waals surface area contributed by atoms with E-state index in [-0.39, 0.29) is 0 Å². The normalized spacial score (nSPS) is 18.9. The molecule has 1 aliphatic heterocycles. The fraction of sp³-hybridized carbons (Fsp3) is 0.529. The number of hydrogen-bond donors (Lipinski definition) is 1. The van der Waals surface area contributed by atoms with Crippen LogP contribution in [0.5, 0.6) is 0 Å². The third-order valence-electron chi connectivity index (χ3n) is 3.84. The number of hydrogen-bond acceptors (Lipinski definition) is 4. The fourth-order valence-electron chi connectivity index (χ4n) is 2.70. The molecule has 1 aliphatic rings. The van der Waals surface area contributed by atoms with Crippen molar-refractivity contribution >= 4 is 11.8 Å². The zero-order chi connectivity index (χ0) is 18.6. The second-order valence-corrected chi connectivity index (χ2v) is 6.54. The molecule has 1 fully saturated rings. The summed E-state index contributed by atoms with van der Waals surface area (Å²) < 4.78 is 26.7. The summed E-state index contributed by atoms with van der Waals surface area (Å²) in [5, 5.41) is 11.3. The molecule has 0 bridgehead atoms. The summed E-state index contributed by atoms with van der Waals surface area (Å²) in [7, 11) is 0. The molecule has 134 valence electrons. The first-order valence-electron chi connectivity index (χ1n) is 8.02. The van der Waals surface area contributed by atoms with Crippen molar-refractivity contribution in [3.63, 3.8) is 0 Å². The Balaban J connectivity index is 1.96. The Morgan fingerprint density at radius 2 is 2.24 bits per heavy atom. The molecule has 6 nitrogen and oxygen atoms in total. The number of likely N-dealkylation sites (tertiary alicyclic amines) is 1. The van der Waals surface area contributed by atoms with Gasteiger partial charge in [-0.2, -0.15) is 5.26 Å². The average Bonchev–Trinajstić information content (AvgIpc) is 2.87. The number of amides is 2. The van der Waals surface area contributed by atoms with Gasteiger partial charge in [-0.25, -0.2) is 8.78 Å². The highest BCUT2D eigenvalue weighted by atomic mass is 19.3. The predicted octanol–water partition coefficient (Wildman–Crippen LogP) is 1.77. The standard InChI is InChI=1S/C17H20F2N4O2/c1-11(2)5-13-6-12(3-4-21-13)16(25)22-9-15(24)23-10-17(18,19)7-14(23)8-20/h3-4,6,11,14H,5,7,9-10H2,1-2H3,(H,22,25)/t14-/m0/s1. The number of carbonyl (C=O) groups is 2. The molecule has 2 rings (SSSR count). The molecule has 0 spiro atoms. The van der Waals surface area contributed by atoms with Gasteiger partial charge in [0, 0.05) is 23.9 Å². The maximum atomic E-state index is 13.4. The molecule has 8 heteroatoms. The summed E-state index contributed by atoms with van der Waals surface area (Å²) >= 11 is 0. The summed E-state index contributed by atoms with van der Waals surface area (Å²) in [5.74, 6) is -3.88. The number of nitrogens with one attached hydrogen (secondary N) is 1. The minimum absolute atomic E-state index is 0.349. The van der Waals surface area contributed by atoms with E-state index in [1.54, 1.807) is 12.1 Å². The third-order valence-corrected chi connectivity index (χ3v) is 3.84. The lowest BCUT2D eigenvalue weighted by Crippen LogP contribution is -2.43. The predicted molar refractivity (Wildman–Crippen MR) is 85.8 cm³/mol. The van der Waals surface area contributed by atoms with Crippen molar-refractivity contribution in [1.29, 1.82) is 5.26 Å². The maximum absolute atomic E-state index is 13.4. The summed E-state index contributed by atoms with van der Waals surface area (Å²) in [6, 6.07) is 3.69. The highest BCUT2D eigenvalue weighted by molar-refractivity contribution is 5.96. The first kappa shape index (κ1) is 18.8. The Morgan fingerprint density at radius 1 is 1.52 bits per heavy atom. The molecule has 0 radical (unpaired) electrons. The molecule has 2 heterocycles. The number of aromatic nitrogens is 1. The molecule has 0 aromatic carbocycles. The average molecular weight is 350 g/mol. The lowest BCUT2D eigenvalue weighted by Gasteiger charge is -2.19. The minimum Gasteiger partial charge on any atom is -0.343 e. The van der Waals surface area contributed by atoms with Gasteiger partial charge in [0.2, 0.25) is 5.91 Å². The van der Waals surface area contributed by atoms with Crippen LogP contribution in [0.4, 0.5) is 8.78 Å². The number of pyridine rings is 1. The van der Waals surface area contributed by atoms with Crippen LogP contribution in [0.3, 0.4) is 0 Å². The lowest BCUT2D eigenvalue weighted by molar-refractivity contribution is -0.131. The van der Waals surface area contributed by atoms with Crippen LogP contribution in [-0.4, -0.2) is 46.8 Å². The molecule has 1 atom stereocenters. The second kappa shape index (κ2) is 7.55. The molecule has 1 aromatic rings. The van der Waals surface area contributed by atoms with E-state index in [4.69, 9.17) is 5.26 Å². The van der Waals surface area contributed by atoms with Gasteiger partial charge in [-0.3, -0.25) is 14.6 Å². The third kappa shape index (κ3) is 4.95. The minimum atomic E-state index is -3.07. The van der Waals surface area contributed by atoms with Gasteiger partial charge in [0.15, 0.2) is 0 Å². The molecule has 0 unspecified atom stereocenters. The number of carbonyl (C=O) groups excluding carboxylic acids is 2. The summed E-state index contributed by atoms with van der Waals surface area (Å²) in [6.45, 7) is 2.83. The van der Waals surface area contributed by atoms with Crippen molar-refractivity contribution in [3.05, 3.63) is 29.6 Å². The number of halogens is 2. The summed E-state index contributed by atoms with van der Waals surface area (Å²) in [6.07, 6.45) is 1.56. The second-order valence-electron chi connectivity index (χ2n) is 6.54. The highest BCUT2D eigenvalue weighted by Crippen LogP contribution is 2.31. The largest absolute Gasteiger partial charge is 0.343 e. The van der Waals surface area contributed by atoms with Crippen molar-refractivity contribution in [2.75, 3.05) is 13.1 Å². The van der Waals surface area contributed by atoms with Crippen molar-refractivity contribution in [1.82, 2.24) is 15.2 Å². The zero-order valence-electron chi connectivity index (χ0n) is 14.1. The number of rotatable bonds is 5. The van der Waals surface area contributed by atoms with Crippen LogP contribution in [0.2, 0.25) is 0 Å². The van der Waals surface area contributed by atoms with E-state index in [9.17, 15) is 18.4 Å². The van der Waals surface area contributed by atoms with Gasteiger partial charge in [0.05, 0.1) is 19.2 Å². The van der Waals surface area contributed by atoms with Gasteiger partial charge in [-0.15, -0.1) is 0 Å². The summed E-state index contributed by atoms with van der Waals surface area (Å²) in [4.78, 5) is 29.2. The molecule has 1 aromatic heterocycles. The molecule has 1 saturated heterocycles. The Kier molecular flexibility index (Phi) is 5.67. The summed E-state index contributed by atoms with van der Waals surface area (Å²) in [5.41, 5.74) is 1.11. The van der Waals surface area contributed by atoms with Gasteiger partial charge in [0.1, 0.15) is 6.04 Å². The van der Waals surface area contributed by atoms with Crippen LogP contribution in [0, 0.1) is 17.2 Å². The quantitative estimate of drug-likeness (QED) is 0.877. The van der Waals surface area contributed by atoms with Gasteiger partial charge < -0.3 is 10.2 Å². The van der Waals surface area contributed by atoms with Crippen LogP contribution < -0.4 is 5.32 Å². The molecule has 25 heavy (non-hydrogen) atoms. The molecular formula is C17H20F2N4O2. The molecule has 0 aliphatic carbocycles. The molecule has 0 saturated carbocycles. The van der Waals surface area contributed by atoms with Crippen LogP contribution >= 0.6 is 0 Å². The van der Waals surface area contributed by atoms with Crippen molar-refractivity contribution in [2.24, 2.45) is 5.92 Å². The number of nitrogens with zero attached hydrogens (tertiary/aromatic N) is 3. The molecular weight excluding hydrogens is 330 g/mol. The highest BCUT2D eigenvalue weighted by Gasteiger charge is 2.47. The molecule has 1 N–H and O–H groups in total. The van der Waals surface area contributed by atoms with Gasteiger partial charge >= 0.3 is 0 Å². The van der Waals surface area contributed by atoms with Gasteiger partial charge in [-0.1, -0.05) is 13.8 Å². The van der Waals surface area contributed by atoms with E-state index < -0.39 is 43.3 Å². The Hall–Kier alpha value is -2.56. The van der Waals surface area contributed by atoms with E-state index in [1.807, 2.05) is 13.8 Å². The monoisotopic (exact) mass is 350 g/mol. The number of nitriles is 1. The first-order valence-corrected chi connectivity index (χ1v) is 8.02. The Morgan fingerprint density at radius 3 is 2.88 bits per heavy atom.